The summed E-state index contributed by atoms with van der Waals surface area (Å²) in [4.78, 5) is 15.1. The molecule has 0 saturated heterocycles. The number of aromatic nitrogens is 1. The van der Waals surface area contributed by atoms with E-state index in [4.69, 9.17) is 11.6 Å². The van der Waals surface area contributed by atoms with Gasteiger partial charge in [-0.3, -0.25) is 4.79 Å². The summed E-state index contributed by atoms with van der Waals surface area (Å²) in [5.41, 5.74) is 0. The molecular formula is C11H21ClN2OS. The Morgan fingerprint density at radius 3 is 2.19 bits per heavy atom. The molecule has 0 bridgehead atoms. The van der Waals surface area contributed by atoms with Crippen LogP contribution in [0.2, 0.25) is 5.15 Å². The summed E-state index contributed by atoms with van der Waals surface area (Å²) in [5.74, 6) is -0.165. The molecule has 1 rings (SSSR count). The van der Waals surface area contributed by atoms with Gasteiger partial charge in [-0.1, -0.05) is 39.3 Å². The number of amides is 1. The molecule has 1 aromatic heterocycles. The van der Waals surface area contributed by atoms with Crippen molar-refractivity contribution in [3.63, 3.8) is 0 Å². The molecule has 0 radical (unpaired) electrons. The van der Waals surface area contributed by atoms with Crippen LogP contribution in [0.3, 0.4) is 0 Å². The highest BCUT2D eigenvalue weighted by atomic mass is 35.5. The quantitative estimate of drug-likeness (QED) is 0.878. The number of carbonyl (C=O) groups excluding carboxylic acids is 1. The summed E-state index contributed by atoms with van der Waals surface area (Å²) in [6, 6.07) is 0.125. The van der Waals surface area contributed by atoms with Gasteiger partial charge >= 0.3 is 0 Å². The van der Waals surface area contributed by atoms with Crippen molar-refractivity contribution in [2.75, 3.05) is 0 Å². The molecule has 16 heavy (non-hydrogen) atoms. The molecule has 0 spiro atoms. The molecule has 1 amide bonds. The predicted molar refractivity (Wildman–Crippen MR) is 72.4 cm³/mol. The molecule has 0 aliphatic carbocycles. The fourth-order valence-electron chi connectivity index (χ4n) is 0.682. The van der Waals surface area contributed by atoms with E-state index >= 15 is 0 Å². The van der Waals surface area contributed by atoms with Gasteiger partial charge in [0.15, 0.2) is 5.01 Å². The van der Waals surface area contributed by atoms with Crippen LogP contribution in [0, 0.1) is 0 Å². The van der Waals surface area contributed by atoms with Crippen LogP contribution in [0.1, 0.15) is 51.3 Å². The van der Waals surface area contributed by atoms with Gasteiger partial charge in [-0.2, -0.15) is 0 Å². The number of thiazole rings is 1. The Morgan fingerprint density at radius 2 is 1.88 bits per heavy atom. The molecule has 0 unspecified atom stereocenters. The maximum Gasteiger partial charge on any atom is 0.280 e. The number of nitrogens with one attached hydrogen (secondary N) is 1. The lowest BCUT2D eigenvalue weighted by Gasteiger charge is -2.04. The van der Waals surface area contributed by atoms with Gasteiger partial charge < -0.3 is 5.32 Å². The number of nitrogens with zero attached hydrogens (tertiary/aromatic N) is 1. The van der Waals surface area contributed by atoms with E-state index < -0.39 is 0 Å². The van der Waals surface area contributed by atoms with Crippen molar-refractivity contribution in [2.24, 2.45) is 0 Å². The van der Waals surface area contributed by atoms with Crippen LogP contribution < -0.4 is 5.32 Å². The summed E-state index contributed by atoms with van der Waals surface area (Å²) in [6.45, 7) is 11.8. The molecule has 1 aromatic rings. The highest BCUT2D eigenvalue weighted by Gasteiger charge is 2.10. The molecule has 0 aromatic carbocycles. The second-order valence-electron chi connectivity index (χ2n) is 2.60. The number of carbonyl (C=O) groups is 1. The molecule has 1 heterocycles. The second kappa shape index (κ2) is 10.9. The zero-order valence-electron chi connectivity index (χ0n) is 10.8. The van der Waals surface area contributed by atoms with Crippen LogP contribution in [0.5, 0.6) is 0 Å². The largest absolute Gasteiger partial charge is 0.348 e. The van der Waals surface area contributed by atoms with Crippen LogP contribution in [-0.2, 0) is 0 Å². The molecule has 1 N–H and O–H groups in total. The first-order valence-electron chi connectivity index (χ1n) is 5.51. The third kappa shape index (κ3) is 7.65. The maximum absolute atomic E-state index is 11.2. The van der Waals surface area contributed by atoms with E-state index in [0.29, 0.717) is 10.2 Å². The summed E-state index contributed by atoms with van der Waals surface area (Å²) in [6.07, 6.45) is 0. The zero-order chi connectivity index (χ0) is 13.1. The fraction of sp³-hybridized carbons (Fsp3) is 0.636. The van der Waals surface area contributed by atoms with Gasteiger partial charge in [-0.15, -0.1) is 11.3 Å². The van der Waals surface area contributed by atoms with E-state index in [0.717, 1.165) is 0 Å². The minimum atomic E-state index is -0.165. The number of hydrogen-bond acceptors (Lipinski definition) is 3. The summed E-state index contributed by atoms with van der Waals surface area (Å²) < 4.78 is 0. The standard InChI is InChI=1S/C7H9ClN2OS.2C2H6/c1-4(2)9-6(11)7-10-5(8)3-12-7;2*1-2/h3-4H,1-2H3,(H,9,11);2*1-2H3. The fourth-order valence-corrected chi connectivity index (χ4v) is 1.53. The van der Waals surface area contributed by atoms with Crippen molar-refractivity contribution in [1.82, 2.24) is 10.3 Å². The molecule has 0 aliphatic heterocycles. The number of halogens is 1. The minimum Gasteiger partial charge on any atom is -0.348 e. The Morgan fingerprint density at radius 1 is 1.38 bits per heavy atom. The average Bonchev–Trinajstić information content (AvgIpc) is 2.70. The van der Waals surface area contributed by atoms with E-state index in [-0.39, 0.29) is 11.9 Å². The lowest BCUT2D eigenvalue weighted by Crippen LogP contribution is -2.29. The van der Waals surface area contributed by atoms with Gasteiger partial charge in [0.2, 0.25) is 0 Å². The van der Waals surface area contributed by atoms with E-state index in [2.05, 4.69) is 10.3 Å². The van der Waals surface area contributed by atoms with Crippen molar-refractivity contribution in [2.45, 2.75) is 47.6 Å². The van der Waals surface area contributed by atoms with E-state index in [1.54, 1.807) is 5.38 Å². The van der Waals surface area contributed by atoms with Crippen molar-refractivity contribution >= 4 is 28.8 Å². The highest BCUT2D eigenvalue weighted by Crippen LogP contribution is 2.13. The van der Waals surface area contributed by atoms with Gasteiger partial charge in [-0.25, -0.2) is 4.98 Å². The van der Waals surface area contributed by atoms with Crippen LogP contribution in [0.25, 0.3) is 0 Å². The van der Waals surface area contributed by atoms with E-state index in [1.807, 2.05) is 41.5 Å². The summed E-state index contributed by atoms with van der Waals surface area (Å²) in [5, 5.41) is 5.14. The van der Waals surface area contributed by atoms with Gasteiger partial charge in [0, 0.05) is 11.4 Å². The molecule has 0 saturated carbocycles. The first-order valence-corrected chi connectivity index (χ1v) is 6.77. The van der Waals surface area contributed by atoms with Crippen LogP contribution in [0.4, 0.5) is 0 Å². The molecule has 5 heteroatoms. The predicted octanol–water partition coefficient (Wildman–Crippen LogP) is 3.99. The van der Waals surface area contributed by atoms with Gasteiger partial charge in [0.1, 0.15) is 5.15 Å². The Labute approximate surface area is 107 Å². The number of rotatable bonds is 2. The van der Waals surface area contributed by atoms with E-state index in [1.165, 1.54) is 11.3 Å². The average molecular weight is 265 g/mol. The van der Waals surface area contributed by atoms with Crippen molar-refractivity contribution in [3.8, 4) is 0 Å². The SMILES string of the molecule is CC.CC.CC(C)NC(=O)c1nc(Cl)cs1. The molecule has 3 nitrogen and oxygen atoms in total. The Balaban J connectivity index is 0. The third-order valence-corrected chi connectivity index (χ3v) is 2.25. The topological polar surface area (TPSA) is 42.0 Å². The molecule has 0 fully saturated rings. The molecular weight excluding hydrogens is 244 g/mol. The monoisotopic (exact) mass is 264 g/mol. The highest BCUT2D eigenvalue weighted by molar-refractivity contribution is 7.12. The van der Waals surface area contributed by atoms with Crippen molar-refractivity contribution < 1.29 is 4.79 Å². The van der Waals surface area contributed by atoms with Gasteiger partial charge in [-0.05, 0) is 13.8 Å². The lowest BCUT2D eigenvalue weighted by molar-refractivity contribution is 0.0943. The normalized spacial score (nSPS) is 8.50. The molecule has 0 atom stereocenters. The Kier molecular flexibility index (Phi) is 12.1. The minimum absolute atomic E-state index is 0.125. The van der Waals surface area contributed by atoms with Crippen LogP contribution >= 0.6 is 22.9 Å². The summed E-state index contributed by atoms with van der Waals surface area (Å²) >= 11 is 6.80. The molecule has 0 aliphatic rings. The lowest BCUT2D eigenvalue weighted by atomic mass is 10.4. The maximum atomic E-state index is 11.2. The van der Waals surface area contributed by atoms with Crippen molar-refractivity contribution in [3.05, 3.63) is 15.5 Å². The zero-order valence-corrected chi connectivity index (χ0v) is 12.4. The Bertz CT molecular complexity index is 287. The second-order valence-corrected chi connectivity index (χ2v) is 3.85. The summed E-state index contributed by atoms with van der Waals surface area (Å²) in [7, 11) is 0. The molecule has 94 valence electrons. The van der Waals surface area contributed by atoms with Gasteiger partial charge in [0.25, 0.3) is 5.91 Å². The van der Waals surface area contributed by atoms with E-state index in [9.17, 15) is 4.79 Å². The van der Waals surface area contributed by atoms with Crippen molar-refractivity contribution in [1.29, 1.82) is 0 Å². The van der Waals surface area contributed by atoms with Crippen LogP contribution in [-0.4, -0.2) is 16.9 Å². The Hall–Kier alpha value is -0.610. The first kappa shape index (κ1) is 17.8. The van der Waals surface area contributed by atoms with Gasteiger partial charge in [0.05, 0.1) is 0 Å². The third-order valence-electron chi connectivity index (χ3n) is 1.09. The smallest absolute Gasteiger partial charge is 0.280 e. The first-order chi connectivity index (χ1) is 7.59. The van der Waals surface area contributed by atoms with Crippen LogP contribution in [0.15, 0.2) is 5.38 Å². The number of hydrogen-bond donors (Lipinski definition) is 1.